The molecule has 0 aliphatic rings. The molecule has 2 rings (SSSR count). The Balaban J connectivity index is 1.86. The third kappa shape index (κ3) is 4.84. The molecule has 1 amide bonds. The second-order valence-electron chi connectivity index (χ2n) is 5.51. The summed E-state index contributed by atoms with van der Waals surface area (Å²) in [5, 5.41) is 2.79. The van der Waals surface area contributed by atoms with Crippen molar-refractivity contribution in [1.82, 2.24) is 5.32 Å². The van der Waals surface area contributed by atoms with Crippen molar-refractivity contribution >= 4 is 11.9 Å². The fourth-order valence-electron chi connectivity index (χ4n) is 2.18. The van der Waals surface area contributed by atoms with Gasteiger partial charge >= 0.3 is 5.97 Å². The lowest BCUT2D eigenvalue weighted by molar-refractivity contribution is -0.124. The highest BCUT2D eigenvalue weighted by atomic mass is 16.5. The molecule has 2 aromatic carbocycles. The van der Waals surface area contributed by atoms with E-state index in [2.05, 4.69) is 5.32 Å². The predicted molar refractivity (Wildman–Crippen MR) is 91.0 cm³/mol. The van der Waals surface area contributed by atoms with E-state index < -0.39 is 5.97 Å². The topological polar surface area (TPSA) is 64.6 Å². The first-order valence-electron chi connectivity index (χ1n) is 7.66. The maximum absolute atomic E-state index is 12.0. The van der Waals surface area contributed by atoms with Crippen LogP contribution in [0.25, 0.3) is 0 Å². The molecule has 0 spiro atoms. The fraction of sp³-hybridized carbons (Fsp3) is 0.263. The number of esters is 1. The average Bonchev–Trinajstić information content (AvgIpc) is 2.60. The normalized spacial score (nSPS) is 11.5. The average molecular weight is 327 g/mol. The number of methoxy groups -OCH3 is 1. The molecule has 1 unspecified atom stereocenters. The molecular formula is C19H21NO4. The molecule has 0 aromatic heterocycles. The van der Waals surface area contributed by atoms with Gasteiger partial charge in [0.25, 0.3) is 5.91 Å². The highest BCUT2D eigenvalue weighted by Gasteiger charge is 2.13. The van der Waals surface area contributed by atoms with E-state index in [1.165, 1.54) is 0 Å². The lowest BCUT2D eigenvalue weighted by Crippen LogP contribution is -2.31. The molecule has 0 heterocycles. The minimum absolute atomic E-state index is 0.217. The maximum Gasteiger partial charge on any atom is 0.338 e. The van der Waals surface area contributed by atoms with Gasteiger partial charge in [0.1, 0.15) is 5.75 Å². The molecule has 0 saturated carbocycles. The zero-order valence-electron chi connectivity index (χ0n) is 14.0. The Kier molecular flexibility index (Phi) is 5.95. The van der Waals surface area contributed by atoms with Gasteiger partial charge in [0.15, 0.2) is 6.61 Å². The molecule has 0 radical (unpaired) electrons. The Hall–Kier alpha value is -2.82. The number of carbonyl (C=O) groups is 2. The molecule has 2 aromatic rings. The van der Waals surface area contributed by atoms with E-state index in [4.69, 9.17) is 9.47 Å². The summed E-state index contributed by atoms with van der Waals surface area (Å²) in [6.45, 7) is 3.47. The van der Waals surface area contributed by atoms with Gasteiger partial charge in [-0.2, -0.15) is 0 Å². The summed E-state index contributed by atoms with van der Waals surface area (Å²) in [4.78, 5) is 23.8. The van der Waals surface area contributed by atoms with Gasteiger partial charge < -0.3 is 14.8 Å². The molecule has 0 aliphatic carbocycles. The van der Waals surface area contributed by atoms with Crippen LogP contribution >= 0.6 is 0 Å². The Morgan fingerprint density at radius 3 is 2.50 bits per heavy atom. The zero-order chi connectivity index (χ0) is 17.5. The Bertz CT molecular complexity index is 710. The smallest absolute Gasteiger partial charge is 0.338 e. The second kappa shape index (κ2) is 8.15. The van der Waals surface area contributed by atoms with Crippen molar-refractivity contribution in [1.29, 1.82) is 0 Å². The number of benzene rings is 2. The molecule has 0 aliphatic heterocycles. The number of rotatable bonds is 6. The van der Waals surface area contributed by atoms with E-state index in [9.17, 15) is 9.59 Å². The Morgan fingerprint density at radius 2 is 1.83 bits per heavy atom. The van der Waals surface area contributed by atoms with Crippen LogP contribution in [0, 0.1) is 6.92 Å². The third-order valence-electron chi connectivity index (χ3n) is 3.59. The van der Waals surface area contributed by atoms with Gasteiger partial charge in [0.05, 0.1) is 18.7 Å². The summed E-state index contributed by atoms with van der Waals surface area (Å²) < 4.78 is 10.2. The SMILES string of the molecule is COc1cccc(C(C)NC(=O)COC(=O)c2ccc(C)cc2)c1. The summed E-state index contributed by atoms with van der Waals surface area (Å²) in [5.41, 5.74) is 2.39. The van der Waals surface area contributed by atoms with E-state index >= 15 is 0 Å². The van der Waals surface area contributed by atoms with Crippen LogP contribution in [0.4, 0.5) is 0 Å². The van der Waals surface area contributed by atoms with Crippen LogP contribution in [0.1, 0.15) is 34.5 Å². The van der Waals surface area contributed by atoms with Gasteiger partial charge in [-0.25, -0.2) is 4.79 Å². The number of amides is 1. The van der Waals surface area contributed by atoms with E-state index in [1.807, 2.05) is 50.2 Å². The van der Waals surface area contributed by atoms with Gasteiger partial charge in [-0.1, -0.05) is 29.8 Å². The zero-order valence-corrected chi connectivity index (χ0v) is 14.0. The number of aryl methyl sites for hydroxylation is 1. The van der Waals surface area contributed by atoms with Crippen LogP contribution in [-0.4, -0.2) is 25.6 Å². The van der Waals surface area contributed by atoms with Gasteiger partial charge in [-0.3, -0.25) is 4.79 Å². The van der Waals surface area contributed by atoms with Crippen molar-refractivity contribution in [3.63, 3.8) is 0 Å². The number of hydrogen-bond donors (Lipinski definition) is 1. The first-order chi connectivity index (χ1) is 11.5. The summed E-state index contributed by atoms with van der Waals surface area (Å²) in [6.07, 6.45) is 0. The lowest BCUT2D eigenvalue weighted by atomic mass is 10.1. The van der Waals surface area contributed by atoms with Gasteiger partial charge in [0.2, 0.25) is 0 Å². The lowest BCUT2D eigenvalue weighted by Gasteiger charge is -2.15. The third-order valence-corrected chi connectivity index (χ3v) is 3.59. The molecule has 1 N–H and O–H groups in total. The minimum atomic E-state index is -0.515. The highest BCUT2D eigenvalue weighted by molar-refractivity contribution is 5.91. The molecule has 1 atom stereocenters. The van der Waals surface area contributed by atoms with Crippen molar-refractivity contribution in [2.75, 3.05) is 13.7 Å². The fourth-order valence-corrected chi connectivity index (χ4v) is 2.18. The van der Waals surface area contributed by atoms with E-state index in [0.717, 1.165) is 16.9 Å². The standard InChI is InChI=1S/C19H21NO4/c1-13-7-9-15(10-8-13)19(22)24-12-18(21)20-14(2)16-5-4-6-17(11-16)23-3/h4-11,14H,12H2,1-3H3,(H,20,21). The molecule has 5 heteroatoms. The first-order valence-corrected chi connectivity index (χ1v) is 7.66. The molecule has 126 valence electrons. The minimum Gasteiger partial charge on any atom is -0.497 e. The van der Waals surface area contributed by atoms with E-state index in [1.54, 1.807) is 19.2 Å². The van der Waals surface area contributed by atoms with Crippen molar-refractivity contribution < 1.29 is 19.1 Å². The molecule has 0 saturated heterocycles. The predicted octanol–water partition coefficient (Wildman–Crippen LogP) is 3.04. The highest BCUT2D eigenvalue weighted by Crippen LogP contribution is 2.18. The number of carbonyl (C=O) groups excluding carboxylic acids is 2. The summed E-state index contributed by atoms with van der Waals surface area (Å²) >= 11 is 0. The van der Waals surface area contributed by atoms with Crippen LogP contribution < -0.4 is 10.1 Å². The van der Waals surface area contributed by atoms with Crippen molar-refractivity contribution in [2.24, 2.45) is 0 Å². The Labute approximate surface area is 141 Å². The van der Waals surface area contributed by atoms with Crippen LogP contribution in [0.3, 0.4) is 0 Å². The maximum atomic E-state index is 12.0. The number of ether oxygens (including phenoxy) is 2. The van der Waals surface area contributed by atoms with Gasteiger partial charge in [0, 0.05) is 0 Å². The molecule has 0 fully saturated rings. The first kappa shape index (κ1) is 17.5. The number of hydrogen-bond acceptors (Lipinski definition) is 4. The van der Waals surface area contributed by atoms with Crippen LogP contribution in [0.5, 0.6) is 5.75 Å². The summed E-state index contributed by atoms with van der Waals surface area (Å²) in [5.74, 6) is -0.149. The van der Waals surface area contributed by atoms with Crippen LogP contribution in [0.15, 0.2) is 48.5 Å². The van der Waals surface area contributed by atoms with Crippen molar-refractivity contribution in [2.45, 2.75) is 19.9 Å². The molecule has 0 bridgehead atoms. The van der Waals surface area contributed by atoms with Crippen LogP contribution in [-0.2, 0) is 9.53 Å². The number of nitrogens with one attached hydrogen (secondary N) is 1. The van der Waals surface area contributed by atoms with Gasteiger partial charge in [-0.15, -0.1) is 0 Å². The summed E-state index contributed by atoms with van der Waals surface area (Å²) in [7, 11) is 1.59. The molecule has 24 heavy (non-hydrogen) atoms. The second-order valence-corrected chi connectivity index (χ2v) is 5.51. The van der Waals surface area contributed by atoms with E-state index in [-0.39, 0.29) is 18.6 Å². The summed E-state index contributed by atoms with van der Waals surface area (Å²) in [6, 6.07) is 14.2. The monoisotopic (exact) mass is 327 g/mol. The van der Waals surface area contributed by atoms with Crippen LogP contribution in [0.2, 0.25) is 0 Å². The Morgan fingerprint density at radius 1 is 1.12 bits per heavy atom. The largest absolute Gasteiger partial charge is 0.497 e. The molecular weight excluding hydrogens is 306 g/mol. The van der Waals surface area contributed by atoms with E-state index in [0.29, 0.717) is 5.56 Å². The van der Waals surface area contributed by atoms with Gasteiger partial charge in [-0.05, 0) is 43.7 Å². The molecule has 5 nitrogen and oxygen atoms in total. The van der Waals surface area contributed by atoms with Crippen molar-refractivity contribution in [3.05, 3.63) is 65.2 Å². The van der Waals surface area contributed by atoms with Crippen molar-refractivity contribution in [3.8, 4) is 5.75 Å². The quantitative estimate of drug-likeness (QED) is 0.828.